The first-order valence-corrected chi connectivity index (χ1v) is 9.50. The summed E-state index contributed by atoms with van der Waals surface area (Å²) in [6.45, 7) is 1.70. The Labute approximate surface area is 173 Å². The second-order valence-electron chi connectivity index (χ2n) is 6.67. The highest BCUT2D eigenvalue weighted by Crippen LogP contribution is 2.23. The third-order valence-electron chi connectivity index (χ3n) is 4.46. The Kier molecular flexibility index (Phi) is 5.67. The number of hydrogen-bond acceptors (Lipinski definition) is 7. The van der Waals surface area contributed by atoms with Crippen molar-refractivity contribution >= 4 is 35.2 Å². The molecule has 0 atom stereocenters. The highest BCUT2D eigenvalue weighted by molar-refractivity contribution is 6.30. The van der Waals surface area contributed by atoms with Crippen LogP contribution in [0.1, 0.15) is 0 Å². The molecule has 1 aromatic carbocycles. The Morgan fingerprint density at radius 3 is 2.62 bits per heavy atom. The molecule has 3 aromatic rings. The summed E-state index contributed by atoms with van der Waals surface area (Å²) in [5.74, 6) is 0.496. The van der Waals surface area contributed by atoms with E-state index in [9.17, 15) is 4.79 Å². The zero-order valence-electron chi connectivity index (χ0n) is 15.5. The van der Waals surface area contributed by atoms with E-state index in [1.807, 2.05) is 30.3 Å². The van der Waals surface area contributed by atoms with Crippen LogP contribution in [-0.2, 0) is 4.79 Å². The maximum Gasteiger partial charge on any atom is 0.227 e. The Morgan fingerprint density at radius 1 is 1.03 bits per heavy atom. The first-order valence-electron chi connectivity index (χ1n) is 9.12. The number of nitrogens with one attached hydrogen (secondary N) is 2. The van der Waals surface area contributed by atoms with Gasteiger partial charge in [0.05, 0.1) is 11.7 Å². The first kappa shape index (κ1) is 18.9. The molecule has 0 radical (unpaired) electrons. The van der Waals surface area contributed by atoms with Crippen molar-refractivity contribution in [2.75, 3.05) is 23.7 Å². The number of halogens is 1. The Bertz CT molecular complexity index is 1020. The molecule has 0 saturated carbocycles. The predicted molar refractivity (Wildman–Crippen MR) is 114 cm³/mol. The van der Waals surface area contributed by atoms with E-state index < -0.39 is 0 Å². The molecule has 1 fully saturated rings. The largest absolute Gasteiger partial charge is 0.377 e. The molecule has 7 nitrogen and oxygen atoms in total. The molecule has 0 amide bonds. The summed E-state index contributed by atoms with van der Waals surface area (Å²) in [7, 11) is 0. The molecule has 2 N–H and O–H groups in total. The Morgan fingerprint density at radius 2 is 1.86 bits per heavy atom. The van der Waals surface area contributed by atoms with Gasteiger partial charge in [-0.1, -0.05) is 17.7 Å². The molecule has 0 spiro atoms. The predicted octanol–water partition coefficient (Wildman–Crippen LogP) is 3.74. The monoisotopic (exact) mass is 406 g/mol. The van der Waals surface area contributed by atoms with Gasteiger partial charge in [-0.15, -0.1) is 0 Å². The van der Waals surface area contributed by atoms with Crippen LogP contribution >= 0.6 is 11.6 Å². The number of aldehydes is 1. The van der Waals surface area contributed by atoms with Gasteiger partial charge in [-0.05, 0) is 30.3 Å². The van der Waals surface area contributed by atoms with Gasteiger partial charge >= 0.3 is 0 Å². The van der Waals surface area contributed by atoms with Crippen LogP contribution in [0.3, 0.4) is 0 Å². The van der Waals surface area contributed by atoms with Gasteiger partial charge in [0.2, 0.25) is 5.95 Å². The van der Waals surface area contributed by atoms with Crippen LogP contribution in [0.25, 0.3) is 11.1 Å². The number of carbonyl (C=O) groups excluding carboxylic acids is 1. The fourth-order valence-electron chi connectivity index (χ4n) is 3.03. The molecular formula is C21H19ClN6O. The molecular weight excluding hydrogens is 388 g/mol. The lowest BCUT2D eigenvalue weighted by Gasteiger charge is -2.39. The molecule has 0 aliphatic carbocycles. The molecule has 1 aliphatic rings. The van der Waals surface area contributed by atoms with Gasteiger partial charge in [-0.3, -0.25) is 9.78 Å². The summed E-state index contributed by atoms with van der Waals surface area (Å²) in [6.07, 6.45) is 11.2. The summed E-state index contributed by atoms with van der Waals surface area (Å²) in [5, 5.41) is 7.23. The first-order chi connectivity index (χ1) is 14.2. The summed E-state index contributed by atoms with van der Waals surface area (Å²) >= 11 is 6.00. The van der Waals surface area contributed by atoms with Gasteiger partial charge in [0.1, 0.15) is 6.29 Å². The average molecular weight is 407 g/mol. The summed E-state index contributed by atoms with van der Waals surface area (Å²) in [4.78, 5) is 25.5. The smallest absolute Gasteiger partial charge is 0.227 e. The second-order valence-corrected chi connectivity index (χ2v) is 7.10. The van der Waals surface area contributed by atoms with E-state index in [1.54, 1.807) is 31.0 Å². The quantitative estimate of drug-likeness (QED) is 0.456. The van der Waals surface area contributed by atoms with Gasteiger partial charge in [-0.25, -0.2) is 9.97 Å². The van der Waals surface area contributed by atoms with Crippen LogP contribution in [0.2, 0.25) is 5.02 Å². The van der Waals surface area contributed by atoms with Crippen LogP contribution in [0.4, 0.5) is 17.3 Å². The number of nitrogens with zero attached hydrogens (tertiary/aromatic N) is 4. The van der Waals surface area contributed by atoms with Crippen LogP contribution in [0.5, 0.6) is 0 Å². The fraction of sp³-hybridized carbons (Fsp3) is 0.143. The molecule has 29 heavy (non-hydrogen) atoms. The Balaban J connectivity index is 1.39. The van der Waals surface area contributed by atoms with E-state index in [0.717, 1.165) is 41.9 Å². The third kappa shape index (κ3) is 4.89. The molecule has 0 unspecified atom stereocenters. The molecule has 2 aromatic heterocycles. The third-order valence-corrected chi connectivity index (χ3v) is 4.70. The van der Waals surface area contributed by atoms with Crippen LogP contribution in [-0.4, -0.2) is 45.3 Å². The minimum Gasteiger partial charge on any atom is -0.377 e. The maximum absolute atomic E-state index is 10.4. The van der Waals surface area contributed by atoms with Gasteiger partial charge in [-0.2, -0.15) is 0 Å². The standard InChI is InChI=1S/C21H19ClN6O/c22-17-3-1-4-18(8-17)27-21-24-10-16(11-25-21)15-7-19(12-23-9-15)26-20-13-28(14-20)5-2-6-29/h1-12,20,26H,13-14H2,(H,24,25,27). The van der Waals surface area contributed by atoms with Crippen LogP contribution in [0.15, 0.2) is 67.4 Å². The zero-order valence-corrected chi connectivity index (χ0v) is 16.3. The van der Waals surface area contributed by atoms with E-state index in [2.05, 4.69) is 30.5 Å². The molecule has 0 bridgehead atoms. The molecule has 4 rings (SSSR count). The van der Waals surface area contributed by atoms with Crippen molar-refractivity contribution in [3.05, 3.63) is 72.4 Å². The average Bonchev–Trinajstić information content (AvgIpc) is 2.70. The number of anilines is 3. The number of hydrogen-bond donors (Lipinski definition) is 2. The fourth-order valence-corrected chi connectivity index (χ4v) is 3.22. The lowest BCUT2D eigenvalue weighted by molar-refractivity contribution is -0.104. The lowest BCUT2D eigenvalue weighted by Crippen LogP contribution is -2.51. The second kappa shape index (κ2) is 8.70. The van der Waals surface area contributed by atoms with E-state index in [4.69, 9.17) is 11.6 Å². The van der Waals surface area contributed by atoms with Crippen molar-refractivity contribution in [1.82, 2.24) is 19.9 Å². The van der Waals surface area contributed by atoms with Crippen LogP contribution in [0, 0.1) is 0 Å². The van der Waals surface area contributed by atoms with Gasteiger partial charge < -0.3 is 15.5 Å². The minimum absolute atomic E-state index is 0.323. The Hall–Kier alpha value is -3.45. The van der Waals surface area contributed by atoms with Crippen LogP contribution < -0.4 is 10.6 Å². The summed E-state index contributed by atoms with van der Waals surface area (Å²) in [5.41, 5.74) is 3.58. The number of aromatic nitrogens is 3. The van der Waals surface area contributed by atoms with E-state index in [-0.39, 0.29) is 0 Å². The maximum atomic E-state index is 10.4. The van der Waals surface area contributed by atoms with E-state index in [1.165, 1.54) is 6.08 Å². The molecule has 1 saturated heterocycles. The van der Waals surface area contributed by atoms with Gasteiger partial charge in [0.25, 0.3) is 0 Å². The van der Waals surface area contributed by atoms with Crippen molar-refractivity contribution in [3.8, 4) is 11.1 Å². The number of carbonyl (C=O) groups is 1. The number of benzene rings is 1. The summed E-state index contributed by atoms with van der Waals surface area (Å²) < 4.78 is 0. The normalized spacial score (nSPS) is 13.9. The minimum atomic E-state index is 0.323. The number of likely N-dealkylation sites (tertiary alicyclic amines) is 1. The van der Waals surface area contributed by atoms with Crippen molar-refractivity contribution in [1.29, 1.82) is 0 Å². The number of pyridine rings is 1. The molecule has 1 aliphatic heterocycles. The van der Waals surface area contributed by atoms with Gasteiger partial charge in [0, 0.05) is 65.9 Å². The van der Waals surface area contributed by atoms with Gasteiger partial charge in [0.15, 0.2) is 0 Å². The lowest BCUT2D eigenvalue weighted by atomic mass is 10.1. The highest BCUT2D eigenvalue weighted by Gasteiger charge is 2.23. The van der Waals surface area contributed by atoms with E-state index in [0.29, 0.717) is 17.0 Å². The summed E-state index contributed by atoms with van der Waals surface area (Å²) in [6, 6.07) is 9.74. The molecule has 146 valence electrons. The van der Waals surface area contributed by atoms with Crippen molar-refractivity contribution in [3.63, 3.8) is 0 Å². The number of rotatable bonds is 7. The van der Waals surface area contributed by atoms with Crippen molar-refractivity contribution in [2.24, 2.45) is 0 Å². The SMILES string of the molecule is O=CC=CN1CC(Nc2cncc(-c3cnc(Nc4cccc(Cl)c4)nc3)c2)C1. The molecule has 3 heterocycles. The number of allylic oxidation sites excluding steroid dienone is 1. The zero-order chi connectivity index (χ0) is 20.1. The van der Waals surface area contributed by atoms with E-state index >= 15 is 0 Å². The van der Waals surface area contributed by atoms with Crippen molar-refractivity contribution < 1.29 is 4.79 Å². The molecule has 8 heteroatoms. The topological polar surface area (TPSA) is 83.0 Å². The highest BCUT2D eigenvalue weighted by atomic mass is 35.5. The van der Waals surface area contributed by atoms with Crippen molar-refractivity contribution in [2.45, 2.75) is 6.04 Å².